The minimum absolute atomic E-state index is 0.190. The number of carbonyl (C=O) groups is 2. The fourth-order valence-electron chi connectivity index (χ4n) is 1.30. The molecule has 2 rings (SSSR count). The highest BCUT2D eigenvalue weighted by atomic mass is 16.4. The highest BCUT2D eigenvalue weighted by Crippen LogP contribution is 2.37. The Kier molecular flexibility index (Phi) is 1.54. The molecule has 6 nitrogen and oxygen atoms in total. The monoisotopic (exact) mass is 194 g/mol. The molecule has 0 saturated carbocycles. The van der Waals surface area contributed by atoms with Crippen LogP contribution in [0.4, 0.5) is 0 Å². The summed E-state index contributed by atoms with van der Waals surface area (Å²) in [5.41, 5.74) is -1.08. The van der Waals surface area contributed by atoms with Crippen LogP contribution in [0.5, 0.6) is 0 Å². The van der Waals surface area contributed by atoms with E-state index in [0.717, 1.165) is 0 Å². The Morgan fingerprint density at radius 2 is 2.00 bits per heavy atom. The quantitative estimate of drug-likeness (QED) is 0.622. The van der Waals surface area contributed by atoms with Crippen molar-refractivity contribution in [2.75, 3.05) is 0 Å². The molecule has 6 heteroatoms. The first-order valence-corrected chi connectivity index (χ1v) is 3.86. The van der Waals surface area contributed by atoms with Crippen molar-refractivity contribution in [3.63, 3.8) is 0 Å². The van der Waals surface area contributed by atoms with Crippen molar-refractivity contribution >= 4 is 11.9 Å². The van der Waals surface area contributed by atoms with Crippen LogP contribution in [-0.2, 0) is 9.59 Å². The fraction of sp³-hybridized carbons (Fsp3) is 0.250. The normalized spacial score (nSPS) is 26.0. The van der Waals surface area contributed by atoms with Crippen molar-refractivity contribution in [3.8, 4) is 0 Å². The third-order valence-electron chi connectivity index (χ3n) is 2.08. The maximum absolute atomic E-state index is 10.7. The van der Waals surface area contributed by atoms with Crippen LogP contribution in [0.2, 0.25) is 0 Å². The van der Waals surface area contributed by atoms with Crippen molar-refractivity contribution < 1.29 is 19.8 Å². The van der Waals surface area contributed by atoms with Crippen LogP contribution in [0.3, 0.4) is 0 Å². The van der Waals surface area contributed by atoms with Gasteiger partial charge in [0.05, 0.1) is 5.57 Å². The molecule has 2 aliphatic rings. The SMILES string of the molecule is O=C(O)C1=CC2(C=CC1C(=O)O)N=N2. The number of carboxylic acids is 2. The number of hydrogen-bond donors (Lipinski definition) is 2. The third-order valence-corrected chi connectivity index (χ3v) is 2.08. The Hall–Kier alpha value is -1.98. The molecule has 0 aromatic rings. The second-order valence-corrected chi connectivity index (χ2v) is 3.06. The Bertz CT molecular complexity index is 402. The summed E-state index contributed by atoms with van der Waals surface area (Å²) >= 11 is 0. The molecule has 0 amide bonds. The molecule has 1 aliphatic heterocycles. The topological polar surface area (TPSA) is 99.3 Å². The van der Waals surface area contributed by atoms with Gasteiger partial charge in [0.15, 0.2) is 0 Å². The van der Waals surface area contributed by atoms with Gasteiger partial charge in [0.25, 0.3) is 0 Å². The molecule has 72 valence electrons. The van der Waals surface area contributed by atoms with Crippen molar-refractivity contribution in [2.24, 2.45) is 16.1 Å². The predicted molar refractivity (Wildman–Crippen MR) is 43.6 cm³/mol. The standard InChI is InChI=1S/C8H6N2O4/c11-6(12)4-1-2-8(9-10-8)3-5(4)7(13)14/h1-4H,(H,11,12)(H,13,14). The molecule has 1 unspecified atom stereocenters. The van der Waals surface area contributed by atoms with Gasteiger partial charge in [-0.15, -0.1) is 10.2 Å². The fourth-order valence-corrected chi connectivity index (χ4v) is 1.30. The Labute approximate surface area is 78.3 Å². The lowest BCUT2D eigenvalue weighted by atomic mass is 9.90. The second kappa shape index (κ2) is 2.50. The zero-order chi connectivity index (χ0) is 10.3. The highest BCUT2D eigenvalue weighted by Gasteiger charge is 2.42. The summed E-state index contributed by atoms with van der Waals surface area (Å²) in [5.74, 6) is -3.55. The van der Waals surface area contributed by atoms with E-state index in [4.69, 9.17) is 10.2 Å². The molecular formula is C8H6N2O4. The molecule has 0 aromatic carbocycles. The molecular weight excluding hydrogens is 188 g/mol. The predicted octanol–water partition coefficient (Wildman–Crippen LogP) is 0.430. The first kappa shape index (κ1) is 8.61. The third kappa shape index (κ3) is 1.20. The zero-order valence-electron chi connectivity index (χ0n) is 6.91. The van der Waals surface area contributed by atoms with Gasteiger partial charge in [0, 0.05) is 0 Å². The van der Waals surface area contributed by atoms with Gasteiger partial charge in [-0.1, -0.05) is 6.08 Å². The molecule has 0 bridgehead atoms. The maximum Gasteiger partial charge on any atom is 0.332 e. The summed E-state index contributed by atoms with van der Waals surface area (Å²) in [6.45, 7) is 0. The van der Waals surface area contributed by atoms with Crippen LogP contribution in [0.25, 0.3) is 0 Å². The molecule has 0 radical (unpaired) electrons. The summed E-state index contributed by atoms with van der Waals surface area (Å²) in [7, 11) is 0. The lowest BCUT2D eigenvalue weighted by Gasteiger charge is -2.14. The Balaban J connectivity index is 2.34. The van der Waals surface area contributed by atoms with Crippen molar-refractivity contribution in [3.05, 3.63) is 23.8 Å². The Morgan fingerprint density at radius 1 is 1.36 bits per heavy atom. The molecule has 2 N–H and O–H groups in total. The minimum Gasteiger partial charge on any atom is -0.481 e. The molecule has 1 aliphatic carbocycles. The van der Waals surface area contributed by atoms with E-state index in [9.17, 15) is 9.59 Å². The molecule has 0 saturated heterocycles. The summed E-state index contributed by atoms with van der Waals surface area (Å²) in [5, 5.41) is 24.8. The first-order valence-electron chi connectivity index (χ1n) is 3.86. The molecule has 1 spiro atoms. The molecule has 0 fully saturated rings. The van der Waals surface area contributed by atoms with Crippen molar-refractivity contribution in [1.29, 1.82) is 0 Å². The lowest BCUT2D eigenvalue weighted by molar-refractivity contribution is -0.142. The van der Waals surface area contributed by atoms with Crippen LogP contribution in [-0.4, -0.2) is 27.8 Å². The number of hydrogen-bond acceptors (Lipinski definition) is 4. The van der Waals surface area contributed by atoms with Crippen LogP contribution in [0, 0.1) is 5.92 Å². The average Bonchev–Trinajstić information content (AvgIpc) is 2.84. The summed E-state index contributed by atoms with van der Waals surface area (Å²) in [6, 6.07) is 0. The van der Waals surface area contributed by atoms with E-state index in [1.54, 1.807) is 0 Å². The molecule has 1 atom stereocenters. The van der Waals surface area contributed by atoms with E-state index < -0.39 is 23.5 Å². The van der Waals surface area contributed by atoms with E-state index in [-0.39, 0.29) is 5.57 Å². The van der Waals surface area contributed by atoms with Crippen molar-refractivity contribution in [1.82, 2.24) is 0 Å². The van der Waals surface area contributed by atoms with E-state index in [2.05, 4.69) is 10.2 Å². The lowest BCUT2D eigenvalue weighted by Crippen LogP contribution is -2.25. The van der Waals surface area contributed by atoms with Gasteiger partial charge in [-0.25, -0.2) is 4.79 Å². The summed E-state index contributed by atoms with van der Waals surface area (Å²) in [4.78, 5) is 21.4. The number of carboxylic acid groups (broad SMARTS) is 2. The van der Waals surface area contributed by atoms with E-state index in [1.807, 2.05) is 0 Å². The van der Waals surface area contributed by atoms with Gasteiger partial charge in [-0.05, 0) is 12.2 Å². The van der Waals surface area contributed by atoms with Crippen molar-refractivity contribution in [2.45, 2.75) is 5.66 Å². The van der Waals surface area contributed by atoms with Gasteiger partial charge in [0.2, 0.25) is 5.66 Å². The van der Waals surface area contributed by atoms with Gasteiger partial charge in [0.1, 0.15) is 5.92 Å². The van der Waals surface area contributed by atoms with E-state index in [1.165, 1.54) is 18.2 Å². The van der Waals surface area contributed by atoms with Gasteiger partial charge < -0.3 is 10.2 Å². The number of aliphatic carboxylic acids is 2. The highest BCUT2D eigenvalue weighted by molar-refractivity contribution is 5.95. The van der Waals surface area contributed by atoms with Gasteiger partial charge >= 0.3 is 11.9 Å². The van der Waals surface area contributed by atoms with Gasteiger partial charge in [-0.2, -0.15) is 0 Å². The molecule has 1 heterocycles. The van der Waals surface area contributed by atoms with Crippen LogP contribution in [0.15, 0.2) is 34.0 Å². The van der Waals surface area contributed by atoms with Gasteiger partial charge in [-0.3, -0.25) is 4.79 Å². The average molecular weight is 194 g/mol. The van der Waals surface area contributed by atoms with Crippen LogP contribution >= 0.6 is 0 Å². The first-order chi connectivity index (χ1) is 6.54. The minimum atomic E-state index is -1.25. The van der Waals surface area contributed by atoms with E-state index in [0.29, 0.717) is 0 Å². The van der Waals surface area contributed by atoms with E-state index >= 15 is 0 Å². The molecule has 0 aromatic heterocycles. The molecule has 14 heavy (non-hydrogen) atoms. The summed E-state index contributed by atoms with van der Waals surface area (Å²) < 4.78 is 0. The Morgan fingerprint density at radius 3 is 2.43 bits per heavy atom. The zero-order valence-corrected chi connectivity index (χ0v) is 6.91. The second-order valence-electron chi connectivity index (χ2n) is 3.06. The number of rotatable bonds is 2. The maximum atomic E-state index is 10.7. The number of nitrogens with zero attached hydrogens (tertiary/aromatic N) is 2. The largest absolute Gasteiger partial charge is 0.481 e. The summed E-state index contributed by atoms with van der Waals surface area (Å²) in [6.07, 6.45) is 4.04. The smallest absolute Gasteiger partial charge is 0.332 e. The van der Waals surface area contributed by atoms with Crippen LogP contribution in [0.1, 0.15) is 0 Å². The van der Waals surface area contributed by atoms with Crippen LogP contribution < -0.4 is 0 Å².